The van der Waals surface area contributed by atoms with Crippen LogP contribution in [0.3, 0.4) is 0 Å². The Hall–Kier alpha value is -1.43. The van der Waals surface area contributed by atoms with E-state index in [0.29, 0.717) is 0 Å². The van der Waals surface area contributed by atoms with Gasteiger partial charge in [0, 0.05) is 13.6 Å². The topological polar surface area (TPSA) is 55.6 Å². The Kier molecular flexibility index (Phi) is 5.11. The maximum atomic E-state index is 4.68. The van der Waals surface area contributed by atoms with Gasteiger partial charge in [-0.2, -0.15) is 0 Å². The van der Waals surface area contributed by atoms with Gasteiger partial charge in [-0.05, 0) is 28.8 Å². The van der Waals surface area contributed by atoms with Gasteiger partial charge in [-0.15, -0.1) is 0 Å². The molecule has 2 aromatic heterocycles. The minimum Gasteiger partial charge on any atom is -0.369 e. The number of nitrogens with zero attached hydrogens (tertiary/aromatic N) is 4. The number of hydrogen-bond acceptors (Lipinski definition) is 4. The zero-order chi connectivity index (χ0) is 14.5. The first-order valence-corrected chi connectivity index (χ1v) is 7.73. The van der Waals surface area contributed by atoms with Crippen LogP contribution in [0.1, 0.15) is 32.4 Å². The van der Waals surface area contributed by atoms with Gasteiger partial charge in [0.1, 0.15) is 11.5 Å². The monoisotopic (exact) mass is 337 g/mol. The minimum atomic E-state index is 0.718. The van der Waals surface area contributed by atoms with Crippen LogP contribution in [0.15, 0.2) is 17.0 Å². The largest absolute Gasteiger partial charge is 0.369 e. The average Bonchev–Trinajstić information content (AvgIpc) is 2.86. The van der Waals surface area contributed by atoms with Crippen molar-refractivity contribution >= 4 is 21.7 Å². The highest BCUT2D eigenvalue weighted by atomic mass is 79.9. The highest BCUT2D eigenvalue weighted by Gasteiger charge is 2.14. The lowest BCUT2D eigenvalue weighted by molar-refractivity contribution is 0.853. The van der Waals surface area contributed by atoms with Crippen molar-refractivity contribution in [1.29, 1.82) is 0 Å². The molecule has 0 spiro atoms. The lowest BCUT2D eigenvalue weighted by atomic mass is 10.2. The van der Waals surface area contributed by atoms with Gasteiger partial charge in [-0.3, -0.25) is 0 Å². The summed E-state index contributed by atoms with van der Waals surface area (Å²) in [6, 6.07) is 0. The standard InChI is InChI=1S/C14H20BrN5/c1-4-6-10-12(15)14(17-7-5-2)19-13(18-10)11-8-16-9-20(11)3/h8-9H,4-7H2,1-3H3,(H,17,18,19). The van der Waals surface area contributed by atoms with Crippen LogP contribution in [-0.2, 0) is 13.5 Å². The third-order valence-corrected chi connectivity index (χ3v) is 3.83. The number of imidazole rings is 1. The smallest absolute Gasteiger partial charge is 0.180 e. The normalized spacial score (nSPS) is 10.8. The summed E-state index contributed by atoms with van der Waals surface area (Å²) in [5.74, 6) is 1.58. The number of rotatable bonds is 6. The second-order valence-corrected chi connectivity index (χ2v) is 5.52. The van der Waals surface area contributed by atoms with Gasteiger partial charge in [0.15, 0.2) is 5.82 Å². The van der Waals surface area contributed by atoms with Crippen LogP contribution in [0.5, 0.6) is 0 Å². The molecule has 5 nitrogen and oxygen atoms in total. The summed E-state index contributed by atoms with van der Waals surface area (Å²) in [5.41, 5.74) is 1.96. The van der Waals surface area contributed by atoms with E-state index in [4.69, 9.17) is 0 Å². The van der Waals surface area contributed by atoms with E-state index in [2.05, 4.69) is 50.0 Å². The van der Waals surface area contributed by atoms with Crippen molar-refractivity contribution in [2.24, 2.45) is 7.05 Å². The molecule has 0 aliphatic carbocycles. The van der Waals surface area contributed by atoms with Gasteiger partial charge >= 0.3 is 0 Å². The van der Waals surface area contributed by atoms with E-state index in [1.54, 1.807) is 12.5 Å². The summed E-state index contributed by atoms with van der Waals surface area (Å²) in [7, 11) is 1.95. The Morgan fingerprint density at radius 3 is 2.65 bits per heavy atom. The highest BCUT2D eigenvalue weighted by Crippen LogP contribution is 2.27. The number of aryl methyl sites for hydroxylation is 2. The third kappa shape index (κ3) is 3.17. The van der Waals surface area contributed by atoms with E-state index in [9.17, 15) is 0 Å². The maximum Gasteiger partial charge on any atom is 0.180 e. The fourth-order valence-corrected chi connectivity index (χ4v) is 2.46. The summed E-state index contributed by atoms with van der Waals surface area (Å²) < 4.78 is 2.90. The Balaban J connectivity index is 2.46. The molecule has 0 bridgehead atoms. The van der Waals surface area contributed by atoms with Crippen LogP contribution in [0.2, 0.25) is 0 Å². The van der Waals surface area contributed by atoms with Crippen molar-refractivity contribution in [2.75, 3.05) is 11.9 Å². The molecule has 1 N–H and O–H groups in total. The lowest BCUT2D eigenvalue weighted by Gasteiger charge is -2.12. The summed E-state index contributed by atoms with van der Waals surface area (Å²) in [5, 5.41) is 3.36. The van der Waals surface area contributed by atoms with Crippen LogP contribution in [0.25, 0.3) is 11.5 Å². The van der Waals surface area contributed by atoms with Crippen molar-refractivity contribution in [1.82, 2.24) is 19.5 Å². The van der Waals surface area contributed by atoms with Gasteiger partial charge in [-0.25, -0.2) is 15.0 Å². The molecule has 0 radical (unpaired) electrons. The molecule has 0 atom stereocenters. The van der Waals surface area contributed by atoms with E-state index in [1.165, 1.54) is 0 Å². The predicted molar refractivity (Wildman–Crippen MR) is 84.7 cm³/mol. The van der Waals surface area contributed by atoms with Gasteiger partial charge in [0.05, 0.1) is 22.7 Å². The molecule has 0 saturated heterocycles. The summed E-state index contributed by atoms with van der Waals surface area (Å²) in [4.78, 5) is 13.4. The first-order valence-electron chi connectivity index (χ1n) is 6.94. The van der Waals surface area contributed by atoms with E-state index in [0.717, 1.165) is 53.3 Å². The number of halogens is 1. The molecule has 0 fully saturated rings. The van der Waals surface area contributed by atoms with E-state index in [1.807, 2.05) is 11.6 Å². The second kappa shape index (κ2) is 6.83. The zero-order valence-electron chi connectivity index (χ0n) is 12.1. The molecular weight excluding hydrogens is 318 g/mol. The van der Waals surface area contributed by atoms with Gasteiger partial charge in [0.2, 0.25) is 0 Å². The predicted octanol–water partition coefficient (Wildman–Crippen LogP) is 3.41. The van der Waals surface area contributed by atoms with Crippen molar-refractivity contribution < 1.29 is 0 Å². The molecule has 2 heterocycles. The summed E-state index contributed by atoms with van der Waals surface area (Å²) in [6.45, 7) is 5.18. The van der Waals surface area contributed by atoms with Gasteiger partial charge < -0.3 is 9.88 Å². The van der Waals surface area contributed by atoms with Crippen LogP contribution in [0.4, 0.5) is 5.82 Å². The van der Waals surface area contributed by atoms with Gasteiger partial charge in [0.25, 0.3) is 0 Å². The third-order valence-electron chi connectivity index (χ3n) is 2.99. The SMILES string of the molecule is CCCNc1nc(-c2cncn2C)nc(CCC)c1Br. The molecule has 0 amide bonds. The average molecular weight is 338 g/mol. The van der Waals surface area contributed by atoms with Crippen LogP contribution < -0.4 is 5.32 Å². The Morgan fingerprint density at radius 2 is 2.05 bits per heavy atom. The van der Waals surface area contributed by atoms with E-state index >= 15 is 0 Å². The molecule has 6 heteroatoms. The first-order chi connectivity index (χ1) is 9.67. The molecule has 0 aromatic carbocycles. The van der Waals surface area contributed by atoms with Crippen molar-refractivity contribution in [3.8, 4) is 11.5 Å². The molecule has 20 heavy (non-hydrogen) atoms. The highest BCUT2D eigenvalue weighted by molar-refractivity contribution is 9.10. The first kappa shape index (κ1) is 15.0. The zero-order valence-corrected chi connectivity index (χ0v) is 13.7. The Bertz CT molecular complexity index is 579. The molecule has 0 saturated carbocycles. The Morgan fingerprint density at radius 1 is 1.25 bits per heavy atom. The van der Waals surface area contributed by atoms with E-state index < -0.39 is 0 Å². The molecule has 2 rings (SSSR count). The number of nitrogens with one attached hydrogen (secondary N) is 1. The van der Waals surface area contributed by atoms with Crippen LogP contribution in [-0.4, -0.2) is 26.1 Å². The molecule has 2 aromatic rings. The quantitative estimate of drug-likeness (QED) is 0.877. The number of hydrogen-bond donors (Lipinski definition) is 1. The number of aromatic nitrogens is 4. The molecule has 0 aliphatic heterocycles. The minimum absolute atomic E-state index is 0.718. The van der Waals surface area contributed by atoms with Gasteiger partial charge in [-0.1, -0.05) is 20.3 Å². The van der Waals surface area contributed by atoms with E-state index in [-0.39, 0.29) is 0 Å². The summed E-state index contributed by atoms with van der Waals surface area (Å²) in [6.07, 6.45) is 6.59. The fraction of sp³-hybridized carbons (Fsp3) is 0.500. The maximum absolute atomic E-state index is 4.68. The molecule has 0 aliphatic rings. The summed E-state index contributed by atoms with van der Waals surface area (Å²) >= 11 is 3.62. The Labute approximate surface area is 128 Å². The molecule has 108 valence electrons. The molecular formula is C14H20BrN5. The van der Waals surface area contributed by atoms with Crippen LogP contribution >= 0.6 is 15.9 Å². The molecule has 0 unspecified atom stereocenters. The van der Waals surface area contributed by atoms with Crippen molar-refractivity contribution in [3.05, 3.63) is 22.7 Å². The van der Waals surface area contributed by atoms with Crippen LogP contribution in [0, 0.1) is 0 Å². The van der Waals surface area contributed by atoms with Crippen molar-refractivity contribution in [3.63, 3.8) is 0 Å². The lowest BCUT2D eigenvalue weighted by Crippen LogP contribution is -2.08. The number of anilines is 1. The second-order valence-electron chi connectivity index (χ2n) is 4.72. The van der Waals surface area contributed by atoms with Crippen molar-refractivity contribution in [2.45, 2.75) is 33.1 Å². The fourth-order valence-electron chi connectivity index (χ4n) is 1.94.